The number of benzene rings is 1. The molecule has 5 rings (SSSR count). The number of likely N-dealkylation sites (N-methyl/N-ethyl adjacent to an activating group) is 1. The van der Waals surface area contributed by atoms with Crippen molar-refractivity contribution < 1.29 is 9.59 Å². The lowest BCUT2D eigenvalue weighted by atomic mass is 9.49. The number of hydrogen-bond donors (Lipinski definition) is 2. The van der Waals surface area contributed by atoms with Gasteiger partial charge >= 0.3 is 0 Å². The smallest absolute Gasteiger partial charge is 0.239 e. The molecule has 29 heavy (non-hydrogen) atoms. The quantitative estimate of drug-likeness (QED) is 0.708. The van der Waals surface area contributed by atoms with Gasteiger partial charge in [0.1, 0.15) is 0 Å². The van der Waals surface area contributed by atoms with E-state index < -0.39 is 0 Å². The van der Waals surface area contributed by atoms with Crippen LogP contribution in [-0.4, -0.2) is 43.9 Å². The molecule has 0 heterocycles. The van der Waals surface area contributed by atoms with Crippen molar-refractivity contribution in [1.29, 1.82) is 0 Å². The molecule has 1 aromatic rings. The van der Waals surface area contributed by atoms with E-state index in [1.165, 1.54) is 38.5 Å². The van der Waals surface area contributed by atoms with E-state index in [0.717, 1.165) is 29.9 Å². The van der Waals surface area contributed by atoms with E-state index in [0.29, 0.717) is 6.42 Å². The first-order valence-corrected chi connectivity index (χ1v) is 11.2. The molecule has 0 radical (unpaired) electrons. The highest BCUT2D eigenvalue weighted by molar-refractivity contribution is 5.85. The first kappa shape index (κ1) is 20.4. The van der Waals surface area contributed by atoms with E-state index in [9.17, 15) is 9.59 Å². The van der Waals surface area contributed by atoms with Gasteiger partial charge in [-0.1, -0.05) is 30.3 Å². The second-order valence-corrected chi connectivity index (χ2v) is 10.2. The van der Waals surface area contributed by atoms with Crippen LogP contribution in [0.1, 0.15) is 56.6 Å². The zero-order chi connectivity index (χ0) is 20.4. The largest absolute Gasteiger partial charge is 0.347 e. The van der Waals surface area contributed by atoms with Crippen LogP contribution in [0.2, 0.25) is 0 Å². The van der Waals surface area contributed by atoms with Crippen molar-refractivity contribution in [1.82, 2.24) is 15.5 Å². The molecule has 1 atom stereocenters. The monoisotopic (exact) mass is 397 g/mol. The average molecular weight is 398 g/mol. The minimum absolute atomic E-state index is 0.0472. The van der Waals surface area contributed by atoms with Crippen LogP contribution in [-0.2, 0) is 9.59 Å². The minimum Gasteiger partial charge on any atom is -0.347 e. The Labute approximate surface area is 174 Å². The molecule has 158 valence electrons. The summed E-state index contributed by atoms with van der Waals surface area (Å²) in [5, 5.41) is 5.99. The molecule has 4 aliphatic rings. The SMILES string of the molecule is CN(C)C[C@@H](NC(=O)CNC(=O)CC12CC3CC(CC(C3)C1)C2)c1ccccc1. The van der Waals surface area contributed by atoms with Crippen molar-refractivity contribution in [3.63, 3.8) is 0 Å². The van der Waals surface area contributed by atoms with Crippen molar-refractivity contribution in [3.8, 4) is 0 Å². The van der Waals surface area contributed by atoms with Gasteiger partial charge < -0.3 is 15.5 Å². The lowest BCUT2D eigenvalue weighted by Crippen LogP contribution is -2.48. The molecule has 0 spiro atoms. The van der Waals surface area contributed by atoms with E-state index in [-0.39, 0.29) is 29.8 Å². The zero-order valence-electron chi connectivity index (χ0n) is 17.8. The third kappa shape index (κ3) is 5.00. The fraction of sp³-hybridized carbons (Fsp3) is 0.667. The molecule has 5 heteroatoms. The number of rotatable bonds is 8. The van der Waals surface area contributed by atoms with E-state index in [1.54, 1.807) is 0 Å². The summed E-state index contributed by atoms with van der Waals surface area (Å²) < 4.78 is 0. The van der Waals surface area contributed by atoms with Gasteiger partial charge in [0.25, 0.3) is 0 Å². The van der Waals surface area contributed by atoms with Gasteiger partial charge in [0.05, 0.1) is 12.6 Å². The third-order valence-corrected chi connectivity index (χ3v) is 7.23. The highest BCUT2D eigenvalue weighted by Gasteiger charge is 2.51. The lowest BCUT2D eigenvalue weighted by Gasteiger charge is -2.56. The minimum atomic E-state index is -0.125. The molecule has 0 aliphatic heterocycles. The van der Waals surface area contributed by atoms with Gasteiger partial charge in [-0.25, -0.2) is 0 Å². The highest BCUT2D eigenvalue weighted by atomic mass is 16.2. The number of amides is 2. The molecule has 2 amide bonds. The van der Waals surface area contributed by atoms with Gasteiger partial charge in [-0.15, -0.1) is 0 Å². The van der Waals surface area contributed by atoms with Crippen LogP contribution in [0.25, 0.3) is 0 Å². The summed E-state index contributed by atoms with van der Waals surface area (Å²) in [4.78, 5) is 27.3. The van der Waals surface area contributed by atoms with E-state index in [2.05, 4.69) is 15.5 Å². The van der Waals surface area contributed by atoms with Crippen molar-refractivity contribution in [3.05, 3.63) is 35.9 Å². The molecule has 0 saturated heterocycles. The first-order valence-electron chi connectivity index (χ1n) is 11.2. The summed E-state index contributed by atoms with van der Waals surface area (Å²) in [6.07, 6.45) is 8.41. The molecular formula is C24H35N3O2. The van der Waals surface area contributed by atoms with Gasteiger partial charge in [-0.3, -0.25) is 9.59 Å². The number of carbonyl (C=O) groups is 2. The topological polar surface area (TPSA) is 61.4 Å². The molecular weight excluding hydrogens is 362 g/mol. The highest BCUT2D eigenvalue weighted by Crippen LogP contribution is 2.61. The molecule has 4 aliphatic carbocycles. The van der Waals surface area contributed by atoms with Crippen LogP contribution < -0.4 is 10.6 Å². The Balaban J connectivity index is 1.28. The van der Waals surface area contributed by atoms with Crippen LogP contribution in [0.15, 0.2) is 30.3 Å². The van der Waals surface area contributed by atoms with Crippen molar-refractivity contribution >= 4 is 11.8 Å². The number of hydrogen-bond acceptors (Lipinski definition) is 3. The third-order valence-electron chi connectivity index (χ3n) is 7.23. The summed E-state index contributed by atoms with van der Waals surface area (Å²) in [6.45, 7) is 0.777. The Bertz CT molecular complexity index is 696. The molecule has 5 nitrogen and oxygen atoms in total. The molecule has 0 aromatic heterocycles. The van der Waals surface area contributed by atoms with Gasteiger partial charge in [0.2, 0.25) is 11.8 Å². The summed E-state index contributed by atoms with van der Waals surface area (Å²) in [5.41, 5.74) is 1.29. The Kier molecular flexibility index (Phi) is 5.95. The fourth-order valence-electron chi connectivity index (χ4n) is 6.62. The summed E-state index contributed by atoms with van der Waals surface area (Å²) in [5.74, 6) is 2.45. The zero-order valence-corrected chi connectivity index (χ0v) is 17.8. The molecule has 2 N–H and O–H groups in total. The molecule has 4 bridgehead atoms. The normalized spacial score (nSPS) is 30.9. The van der Waals surface area contributed by atoms with Crippen LogP contribution in [0.4, 0.5) is 0 Å². The second-order valence-electron chi connectivity index (χ2n) is 10.2. The van der Waals surface area contributed by atoms with Crippen LogP contribution in [0.3, 0.4) is 0 Å². The first-order chi connectivity index (χ1) is 13.9. The Hall–Kier alpha value is -1.88. The maximum atomic E-state index is 12.7. The maximum Gasteiger partial charge on any atom is 0.239 e. The predicted molar refractivity (Wildman–Crippen MR) is 114 cm³/mol. The van der Waals surface area contributed by atoms with Crippen molar-refractivity contribution in [2.24, 2.45) is 23.2 Å². The number of nitrogens with one attached hydrogen (secondary N) is 2. The van der Waals surface area contributed by atoms with Crippen molar-refractivity contribution in [2.75, 3.05) is 27.2 Å². The van der Waals surface area contributed by atoms with Crippen LogP contribution in [0, 0.1) is 23.2 Å². The summed E-state index contributed by atoms with van der Waals surface area (Å²) >= 11 is 0. The van der Waals surface area contributed by atoms with E-state index >= 15 is 0 Å². The average Bonchev–Trinajstić information content (AvgIpc) is 2.65. The van der Waals surface area contributed by atoms with Crippen LogP contribution >= 0.6 is 0 Å². The van der Waals surface area contributed by atoms with Gasteiger partial charge in [0.15, 0.2) is 0 Å². The fourth-order valence-corrected chi connectivity index (χ4v) is 6.62. The van der Waals surface area contributed by atoms with E-state index in [4.69, 9.17) is 0 Å². The molecule has 4 saturated carbocycles. The van der Waals surface area contributed by atoms with Gasteiger partial charge in [-0.05, 0) is 81.4 Å². The number of carbonyl (C=O) groups excluding carboxylic acids is 2. The Morgan fingerprint density at radius 2 is 1.59 bits per heavy atom. The molecule has 4 fully saturated rings. The molecule has 1 aromatic carbocycles. The number of nitrogens with zero attached hydrogens (tertiary/aromatic N) is 1. The van der Waals surface area contributed by atoms with Crippen molar-refractivity contribution in [2.45, 2.75) is 51.0 Å². The predicted octanol–water partition coefficient (Wildman–Crippen LogP) is 3.13. The van der Waals surface area contributed by atoms with E-state index in [1.807, 2.05) is 44.4 Å². The van der Waals surface area contributed by atoms with Gasteiger partial charge in [-0.2, -0.15) is 0 Å². The maximum absolute atomic E-state index is 12.7. The second kappa shape index (κ2) is 8.47. The van der Waals surface area contributed by atoms with Crippen LogP contribution in [0.5, 0.6) is 0 Å². The summed E-state index contributed by atoms with van der Waals surface area (Å²) in [7, 11) is 3.99. The van der Waals surface area contributed by atoms with Gasteiger partial charge in [0, 0.05) is 13.0 Å². The standard InChI is InChI=1S/C24H35N3O2/c1-27(2)16-21(20-6-4-3-5-7-20)26-23(29)15-25-22(28)14-24-11-17-8-18(12-24)10-19(9-17)13-24/h3-7,17-19,21H,8-16H2,1-2H3,(H,25,28)(H,26,29)/t17?,18?,19?,21-,24?/m1/s1. The Morgan fingerprint density at radius 3 is 2.14 bits per heavy atom. The lowest BCUT2D eigenvalue weighted by molar-refractivity contribution is -0.132. The summed E-state index contributed by atoms with van der Waals surface area (Å²) in [6, 6.07) is 9.91. The molecule has 0 unspecified atom stereocenters. The Morgan fingerprint density at radius 1 is 1.00 bits per heavy atom.